The summed E-state index contributed by atoms with van der Waals surface area (Å²) in [7, 11) is 0. The van der Waals surface area contributed by atoms with Crippen LogP contribution in [0.1, 0.15) is 5.56 Å². The van der Waals surface area contributed by atoms with E-state index in [-0.39, 0.29) is 5.56 Å². The Hall–Kier alpha value is -1.69. The molecule has 0 radical (unpaired) electrons. The molecule has 0 bridgehead atoms. The third kappa shape index (κ3) is 2.28. The monoisotopic (exact) mass is 362 g/mol. The van der Waals surface area contributed by atoms with E-state index in [4.69, 9.17) is 0 Å². The highest BCUT2D eigenvalue weighted by molar-refractivity contribution is 14.1. The first-order chi connectivity index (χ1) is 9.15. The standard InChI is InChI=1S/C15H11IN2O/c1-9-4-2-3-5-11(9)14-17-13-7-6-10(16)8-12(13)15(19)18-14/h2-8H,1H3,(H,17,18,19). The fraction of sp³-hybridized carbons (Fsp3) is 0.0667. The van der Waals surface area contributed by atoms with E-state index in [2.05, 4.69) is 32.6 Å². The van der Waals surface area contributed by atoms with Crippen molar-refractivity contribution in [3.05, 3.63) is 62.0 Å². The summed E-state index contributed by atoms with van der Waals surface area (Å²) in [6.45, 7) is 2.01. The Labute approximate surface area is 123 Å². The van der Waals surface area contributed by atoms with Crippen molar-refractivity contribution in [2.75, 3.05) is 0 Å². The topological polar surface area (TPSA) is 45.8 Å². The highest BCUT2D eigenvalue weighted by Gasteiger charge is 2.07. The number of fused-ring (bicyclic) bond motifs is 1. The minimum Gasteiger partial charge on any atom is -0.306 e. The van der Waals surface area contributed by atoms with Crippen LogP contribution in [0.5, 0.6) is 0 Å². The number of aromatic nitrogens is 2. The molecule has 0 aliphatic carbocycles. The van der Waals surface area contributed by atoms with Gasteiger partial charge in [-0.25, -0.2) is 4.98 Å². The van der Waals surface area contributed by atoms with Crippen LogP contribution in [0.15, 0.2) is 47.3 Å². The Morgan fingerprint density at radius 2 is 1.95 bits per heavy atom. The molecule has 0 unspecified atom stereocenters. The number of rotatable bonds is 1. The second kappa shape index (κ2) is 4.77. The predicted molar refractivity (Wildman–Crippen MR) is 85.3 cm³/mol. The van der Waals surface area contributed by atoms with E-state index in [1.54, 1.807) is 0 Å². The molecule has 0 atom stereocenters. The zero-order valence-electron chi connectivity index (χ0n) is 10.3. The van der Waals surface area contributed by atoms with Crippen LogP contribution < -0.4 is 5.56 Å². The quantitative estimate of drug-likeness (QED) is 0.674. The number of hydrogen-bond donors (Lipinski definition) is 1. The summed E-state index contributed by atoms with van der Waals surface area (Å²) in [6, 6.07) is 13.6. The first-order valence-corrected chi connectivity index (χ1v) is 6.98. The molecule has 94 valence electrons. The fourth-order valence-corrected chi connectivity index (χ4v) is 2.57. The maximum absolute atomic E-state index is 12.1. The molecule has 19 heavy (non-hydrogen) atoms. The Morgan fingerprint density at radius 1 is 1.16 bits per heavy atom. The van der Waals surface area contributed by atoms with Gasteiger partial charge in [0.15, 0.2) is 0 Å². The molecule has 3 nitrogen and oxygen atoms in total. The molecule has 0 aliphatic rings. The molecule has 0 spiro atoms. The summed E-state index contributed by atoms with van der Waals surface area (Å²) in [5, 5.41) is 0.629. The Balaban J connectivity index is 2.31. The van der Waals surface area contributed by atoms with Gasteiger partial charge in [0.1, 0.15) is 5.82 Å². The van der Waals surface area contributed by atoms with Crippen LogP contribution in [0, 0.1) is 10.5 Å². The summed E-state index contributed by atoms with van der Waals surface area (Å²) >= 11 is 2.19. The number of aromatic amines is 1. The zero-order chi connectivity index (χ0) is 13.4. The minimum absolute atomic E-state index is 0.0956. The van der Waals surface area contributed by atoms with Crippen LogP contribution in [-0.2, 0) is 0 Å². The Bertz CT molecular complexity index is 824. The molecular weight excluding hydrogens is 351 g/mol. The van der Waals surface area contributed by atoms with Crippen LogP contribution >= 0.6 is 22.6 Å². The van der Waals surface area contributed by atoms with Crippen LogP contribution in [-0.4, -0.2) is 9.97 Å². The number of halogens is 1. The molecule has 2 aromatic carbocycles. The SMILES string of the molecule is Cc1ccccc1-c1nc2ccc(I)cc2c(=O)[nH]1. The van der Waals surface area contributed by atoms with Crippen LogP contribution in [0.25, 0.3) is 22.3 Å². The van der Waals surface area contributed by atoms with Crippen molar-refractivity contribution in [3.8, 4) is 11.4 Å². The Kier molecular flexibility index (Phi) is 3.10. The largest absolute Gasteiger partial charge is 0.306 e. The third-order valence-corrected chi connectivity index (χ3v) is 3.74. The number of aryl methyl sites for hydroxylation is 1. The highest BCUT2D eigenvalue weighted by atomic mass is 127. The number of H-pyrrole nitrogens is 1. The molecule has 3 rings (SSSR count). The van der Waals surface area contributed by atoms with Gasteiger partial charge in [-0.1, -0.05) is 24.3 Å². The van der Waals surface area contributed by atoms with E-state index in [0.29, 0.717) is 11.2 Å². The van der Waals surface area contributed by atoms with Crippen LogP contribution in [0.2, 0.25) is 0 Å². The molecule has 0 saturated heterocycles. The van der Waals surface area contributed by atoms with Gasteiger partial charge in [0.2, 0.25) is 0 Å². The summed E-state index contributed by atoms with van der Waals surface area (Å²) in [5.74, 6) is 0.622. The third-order valence-electron chi connectivity index (χ3n) is 3.07. The van der Waals surface area contributed by atoms with Gasteiger partial charge in [-0.2, -0.15) is 0 Å². The summed E-state index contributed by atoms with van der Waals surface area (Å²) < 4.78 is 1.03. The lowest BCUT2D eigenvalue weighted by atomic mass is 10.1. The highest BCUT2D eigenvalue weighted by Crippen LogP contribution is 2.20. The van der Waals surface area contributed by atoms with Gasteiger partial charge < -0.3 is 4.98 Å². The lowest BCUT2D eigenvalue weighted by Gasteiger charge is -2.06. The molecule has 1 heterocycles. The fourth-order valence-electron chi connectivity index (χ4n) is 2.08. The molecule has 0 fully saturated rings. The normalized spacial score (nSPS) is 10.8. The van der Waals surface area contributed by atoms with Gasteiger partial charge in [0.05, 0.1) is 10.9 Å². The lowest BCUT2D eigenvalue weighted by molar-refractivity contribution is 1.17. The van der Waals surface area contributed by atoms with E-state index >= 15 is 0 Å². The second-order valence-electron chi connectivity index (χ2n) is 4.39. The lowest BCUT2D eigenvalue weighted by Crippen LogP contribution is -2.10. The van der Waals surface area contributed by atoms with Crippen molar-refractivity contribution in [2.24, 2.45) is 0 Å². The molecular formula is C15H11IN2O. The van der Waals surface area contributed by atoms with E-state index in [1.807, 2.05) is 49.4 Å². The van der Waals surface area contributed by atoms with Crippen molar-refractivity contribution in [1.29, 1.82) is 0 Å². The maximum atomic E-state index is 12.1. The van der Waals surface area contributed by atoms with Crippen LogP contribution in [0.4, 0.5) is 0 Å². The van der Waals surface area contributed by atoms with Crippen molar-refractivity contribution in [1.82, 2.24) is 9.97 Å². The first-order valence-electron chi connectivity index (χ1n) is 5.91. The van der Waals surface area contributed by atoms with Gasteiger partial charge >= 0.3 is 0 Å². The number of benzene rings is 2. The van der Waals surface area contributed by atoms with Crippen molar-refractivity contribution < 1.29 is 0 Å². The molecule has 3 aromatic rings. The average Bonchev–Trinajstić information content (AvgIpc) is 2.40. The molecule has 0 amide bonds. The first kappa shape index (κ1) is 12.3. The van der Waals surface area contributed by atoms with Crippen molar-refractivity contribution in [2.45, 2.75) is 6.92 Å². The van der Waals surface area contributed by atoms with E-state index in [9.17, 15) is 4.79 Å². The molecule has 0 saturated carbocycles. The molecule has 0 aliphatic heterocycles. The van der Waals surface area contributed by atoms with Gasteiger partial charge in [-0.3, -0.25) is 4.79 Å². The minimum atomic E-state index is -0.0956. The van der Waals surface area contributed by atoms with E-state index < -0.39 is 0 Å². The predicted octanol–water partition coefficient (Wildman–Crippen LogP) is 3.50. The maximum Gasteiger partial charge on any atom is 0.259 e. The summed E-state index contributed by atoms with van der Waals surface area (Å²) in [4.78, 5) is 19.6. The Morgan fingerprint density at radius 3 is 2.74 bits per heavy atom. The smallest absolute Gasteiger partial charge is 0.259 e. The van der Waals surface area contributed by atoms with Gasteiger partial charge in [-0.15, -0.1) is 0 Å². The van der Waals surface area contributed by atoms with Crippen LogP contribution in [0.3, 0.4) is 0 Å². The van der Waals surface area contributed by atoms with Gasteiger partial charge in [0, 0.05) is 9.13 Å². The molecule has 4 heteroatoms. The van der Waals surface area contributed by atoms with Crippen molar-refractivity contribution >= 4 is 33.5 Å². The summed E-state index contributed by atoms with van der Waals surface area (Å²) in [5.41, 5.74) is 2.68. The van der Waals surface area contributed by atoms with E-state index in [0.717, 1.165) is 20.2 Å². The molecule has 1 aromatic heterocycles. The van der Waals surface area contributed by atoms with E-state index in [1.165, 1.54) is 0 Å². The molecule has 1 N–H and O–H groups in total. The van der Waals surface area contributed by atoms with Crippen molar-refractivity contribution in [3.63, 3.8) is 0 Å². The van der Waals surface area contributed by atoms with Gasteiger partial charge in [-0.05, 0) is 53.3 Å². The zero-order valence-corrected chi connectivity index (χ0v) is 12.4. The number of hydrogen-bond acceptors (Lipinski definition) is 2. The summed E-state index contributed by atoms with van der Waals surface area (Å²) in [6.07, 6.45) is 0. The average molecular weight is 362 g/mol. The number of nitrogens with one attached hydrogen (secondary N) is 1. The second-order valence-corrected chi connectivity index (χ2v) is 5.64. The number of nitrogens with zero attached hydrogens (tertiary/aromatic N) is 1. The van der Waals surface area contributed by atoms with Gasteiger partial charge in [0.25, 0.3) is 5.56 Å².